The summed E-state index contributed by atoms with van der Waals surface area (Å²) < 4.78 is 0. The molecule has 2 nitrogen and oxygen atoms in total. The Morgan fingerprint density at radius 1 is 0.406 bits per heavy atom. The van der Waals surface area contributed by atoms with Crippen LogP contribution in [0.25, 0.3) is 22.3 Å². The van der Waals surface area contributed by atoms with Gasteiger partial charge in [-0.15, -0.1) is 0 Å². The molecule has 1 aliphatic carbocycles. The molecule has 0 heterocycles. The van der Waals surface area contributed by atoms with Crippen molar-refractivity contribution in [1.82, 2.24) is 0 Å². The Balaban J connectivity index is 1.26. The summed E-state index contributed by atoms with van der Waals surface area (Å²) in [6, 6.07) is 51.9. The van der Waals surface area contributed by atoms with Crippen LogP contribution in [0.15, 0.2) is 133 Å². The number of rotatable bonds is 29. The summed E-state index contributed by atoms with van der Waals surface area (Å²) in [6.07, 6.45) is 27.8. The second-order valence-electron chi connectivity index (χ2n) is 21.0. The van der Waals surface area contributed by atoms with Crippen LogP contribution in [0.1, 0.15) is 205 Å². The van der Waals surface area contributed by atoms with E-state index in [1.54, 1.807) is 11.1 Å². The Kier molecular flexibility index (Phi) is 19.3. The highest BCUT2D eigenvalue weighted by molar-refractivity contribution is 5.86. The number of nitrogens with one attached hydrogen (secondary N) is 1. The first-order chi connectivity index (χ1) is 33.8. The molecule has 1 aliphatic rings. The molecule has 0 radical (unpaired) electrons. The minimum Gasteiger partial charge on any atom is -0.356 e. The van der Waals surface area contributed by atoms with Crippen LogP contribution in [0, 0.1) is 0 Å². The minimum atomic E-state index is -0.00671. The van der Waals surface area contributed by atoms with Gasteiger partial charge in [-0.05, 0) is 168 Å². The zero-order valence-electron chi connectivity index (χ0n) is 44.2. The quantitative estimate of drug-likeness (QED) is 0.0472. The lowest BCUT2D eigenvalue weighted by molar-refractivity contribution is 0.395. The van der Waals surface area contributed by atoms with Crippen LogP contribution in [0.4, 0.5) is 28.4 Å². The van der Waals surface area contributed by atoms with E-state index < -0.39 is 0 Å². The molecule has 0 aromatic heterocycles. The van der Waals surface area contributed by atoms with Crippen LogP contribution >= 0.6 is 0 Å². The van der Waals surface area contributed by atoms with Crippen LogP contribution in [-0.4, -0.2) is 0 Å². The molecule has 1 N–H and O–H groups in total. The van der Waals surface area contributed by atoms with Crippen molar-refractivity contribution in [2.24, 2.45) is 0 Å². The van der Waals surface area contributed by atoms with Gasteiger partial charge in [0.2, 0.25) is 0 Å². The second-order valence-corrected chi connectivity index (χ2v) is 21.0. The van der Waals surface area contributed by atoms with Gasteiger partial charge < -0.3 is 10.2 Å². The summed E-state index contributed by atoms with van der Waals surface area (Å²) in [6.45, 7) is 16.5. The monoisotopic (exact) mass is 921 g/mol. The highest BCUT2D eigenvalue weighted by Crippen LogP contribution is 2.56. The number of fused-ring (bicyclic) bond motifs is 3. The predicted octanol–water partition coefficient (Wildman–Crippen LogP) is 21.1. The van der Waals surface area contributed by atoms with Crippen molar-refractivity contribution in [3.63, 3.8) is 0 Å². The average Bonchev–Trinajstić information content (AvgIpc) is 3.66. The maximum Gasteiger partial charge on any atom is 0.0465 e. The topological polar surface area (TPSA) is 15.3 Å². The first kappa shape index (κ1) is 51.8. The van der Waals surface area contributed by atoms with E-state index in [0.29, 0.717) is 0 Å². The molecule has 69 heavy (non-hydrogen) atoms. The molecule has 0 unspecified atom stereocenters. The van der Waals surface area contributed by atoms with E-state index in [9.17, 15) is 0 Å². The highest BCUT2D eigenvalue weighted by Gasteiger charge is 2.43. The molecule has 366 valence electrons. The standard InChI is InChI=1S/C67H88N2/c1-8-14-18-20-22-24-48-67(49-25-23-21-19-15-9-2)64-50-56(66(7,12-5)13-6)36-46-62(64)63-47-45-61(51-65(63)67)69(59-41-30-53(31-42-59)27-17-11-4)60-43-34-55(35-44-60)54-32-39-58(40-33-54)68-57-37-28-52(29-38-57)26-16-10-3/h28-47,50-51,68H,8-27,48-49H2,1-7H3. The number of hydrogen-bond donors (Lipinski definition) is 1. The van der Waals surface area contributed by atoms with Gasteiger partial charge in [-0.25, -0.2) is 0 Å². The van der Waals surface area contributed by atoms with Crippen molar-refractivity contribution in [3.05, 3.63) is 161 Å². The van der Waals surface area contributed by atoms with Crippen molar-refractivity contribution in [2.75, 3.05) is 10.2 Å². The SMILES string of the molecule is CCCCCCCCC1(CCCCCCCC)c2cc(N(c3ccc(CCCC)cc3)c3ccc(-c4ccc(Nc5ccc(CCCC)cc5)cc4)cc3)ccc2-c2ccc(C(C)(CC)CC)cc21. The second kappa shape index (κ2) is 25.7. The first-order valence-electron chi connectivity index (χ1n) is 28.0. The summed E-state index contributed by atoms with van der Waals surface area (Å²) in [7, 11) is 0. The molecule has 0 bridgehead atoms. The summed E-state index contributed by atoms with van der Waals surface area (Å²) in [5, 5.41) is 3.62. The van der Waals surface area contributed by atoms with Gasteiger partial charge in [-0.2, -0.15) is 0 Å². The van der Waals surface area contributed by atoms with Crippen LogP contribution in [0.3, 0.4) is 0 Å². The molecule has 0 saturated carbocycles. The lowest BCUT2D eigenvalue weighted by Gasteiger charge is -2.35. The molecule has 0 saturated heterocycles. The maximum atomic E-state index is 3.62. The Morgan fingerprint density at radius 2 is 0.812 bits per heavy atom. The molecule has 7 rings (SSSR count). The van der Waals surface area contributed by atoms with E-state index in [-0.39, 0.29) is 10.8 Å². The lowest BCUT2D eigenvalue weighted by atomic mass is 9.69. The summed E-state index contributed by atoms with van der Waals surface area (Å²) in [5.74, 6) is 0. The fraction of sp³-hybridized carbons (Fsp3) is 0.463. The fourth-order valence-electron chi connectivity index (χ4n) is 11.2. The molecule has 6 aromatic rings. The van der Waals surface area contributed by atoms with Crippen molar-refractivity contribution >= 4 is 28.4 Å². The number of anilines is 5. The molecular weight excluding hydrogens is 833 g/mol. The largest absolute Gasteiger partial charge is 0.356 e. The number of nitrogens with zero attached hydrogens (tertiary/aromatic N) is 1. The number of benzene rings is 6. The molecule has 0 aliphatic heterocycles. The van der Waals surface area contributed by atoms with E-state index in [1.807, 2.05) is 0 Å². The van der Waals surface area contributed by atoms with Gasteiger partial charge in [0.05, 0.1) is 0 Å². The zero-order chi connectivity index (χ0) is 48.5. The average molecular weight is 921 g/mol. The van der Waals surface area contributed by atoms with Gasteiger partial charge in [0, 0.05) is 33.9 Å². The molecule has 0 amide bonds. The van der Waals surface area contributed by atoms with Gasteiger partial charge >= 0.3 is 0 Å². The van der Waals surface area contributed by atoms with Crippen LogP contribution in [0.2, 0.25) is 0 Å². The van der Waals surface area contributed by atoms with Gasteiger partial charge in [-0.3, -0.25) is 0 Å². The molecule has 2 heteroatoms. The summed E-state index contributed by atoms with van der Waals surface area (Å²) in [4.78, 5) is 2.54. The third kappa shape index (κ3) is 12.8. The summed E-state index contributed by atoms with van der Waals surface area (Å²) >= 11 is 0. The van der Waals surface area contributed by atoms with Gasteiger partial charge in [0.15, 0.2) is 0 Å². The van der Waals surface area contributed by atoms with Crippen molar-refractivity contribution < 1.29 is 0 Å². The van der Waals surface area contributed by atoms with Crippen molar-refractivity contribution in [3.8, 4) is 22.3 Å². The normalized spacial score (nSPS) is 12.8. The molecule has 0 fully saturated rings. The minimum absolute atomic E-state index is 0.00671. The van der Waals surface area contributed by atoms with Crippen molar-refractivity contribution in [1.29, 1.82) is 0 Å². The Morgan fingerprint density at radius 3 is 1.32 bits per heavy atom. The van der Waals surface area contributed by atoms with E-state index in [1.165, 1.54) is 172 Å². The Hall–Kier alpha value is -5.08. The van der Waals surface area contributed by atoms with E-state index in [2.05, 4.69) is 192 Å². The Bertz CT molecular complexity index is 2420. The summed E-state index contributed by atoms with van der Waals surface area (Å²) in [5.41, 5.74) is 19.0. The van der Waals surface area contributed by atoms with E-state index in [4.69, 9.17) is 0 Å². The third-order valence-corrected chi connectivity index (χ3v) is 16.2. The van der Waals surface area contributed by atoms with E-state index in [0.717, 1.165) is 37.1 Å². The van der Waals surface area contributed by atoms with Gasteiger partial charge in [0.25, 0.3) is 0 Å². The number of unbranched alkanes of at least 4 members (excludes halogenated alkanes) is 12. The highest BCUT2D eigenvalue weighted by atomic mass is 15.1. The van der Waals surface area contributed by atoms with Gasteiger partial charge in [-0.1, -0.05) is 211 Å². The predicted molar refractivity (Wildman–Crippen MR) is 304 cm³/mol. The van der Waals surface area contributed by atoms with E-state index >= 15 is 0 Å². The lowest BCUT2D eigenvalue weighted by Crippen LogP contribution is -2.27. The third-order valence-electron chi connectivity index (χ3n) is 16.2. The molecule has 6 aromatic carbocycles. The fourth-order valence-corrected chi connectivity index (χ4v) is 11.2. The van der Waals surface area contributed by atoms with Crippen molar-refractivity contribution in [2.45, 2.75) is 201 Å². The molecule has 0 atom stereocenters. The van der Waals surface area contributed by atoms with Crippen LogP contribution in [-0.2, 0) is 23.7 Å². The Labute approximate surface area is 420 Å². The van der Waals surface area contributed by atoms with Crippen LogP contribution in [0.5, 0.6) is 0 Å². The maximum absolute atomic E-state index is 3.62. The first-order valence-corrected chi connectivity index (χ1v) is 28.0. The number of aryl methyl sites for hydroxylation is 2. The molecular formula is C67H88N2. The number of hydrogen-bond acceptors (Lipinski definition) is 2. The zero-order valence-corrected chi connectivity index (χ0v) is 44.2. The van der Waals surface area contributed by atoms with Gasteiger partial charge in [0.1, 0.15) is 0 Å². The smallest absolute Gasteiger partial charge is 0.0465 e. The molecule has 0 spiro atoms. The van der Waals surface area contributed by atoms with Crippen LogP contribution < -0.4 is 10.2 Å².